The molecule has 3 rings (SSSR count). The number of aromatic nitrogens is 3. The molecule has 4 N–H and O–H groups in total. The quantitative estimate of drug-likeness (QED) is 0.287. The number of nitrogen functional groups attached to an aromatic ring is 1. The average Bonchev–Trinajstić information content (AvgIpc) is 3.16. The van der Waals surface area contributed by atoms with Gasteiger partial charge >= 0.3 is 19.4 Å². The molecule has 0 spiro atoms. The van der Waals surface area contributed by atoms with Crippen LogP contribution < -0.4 is 21.0 Å². The summed E-state index contributed by atoms with van der Waals surface area (Å²) in [6.07, 6.45) is 0.627. The van der Waals surface area contributed by atoms with Gasteiger partial charge in [0.25, 0.3) is 0 Å². The molecule has 0 aliphatic carbocycles. The second-order valence-electron chi connectivity index (χ2n) is 8.41. The smallest absolute Gasteiger partial charge is 0.459 e. The van der Waals surface area contributed by atoms with Gasteiger partial charge in [0.05, 0.1) is 29.9 Å². The van der Waals surface area contributed by atoms with Gasteiger partial charge < -0.3 is 20.1 Å². The lowest BCUT2D eigenvalue weighted by Gasteiger charge is -2.24. The number of thioether (sulfide) groups is 1. The fraction of sp³-hybridized carbons (Fsp3) is 0.524. The van der Waals surface area contributed by atoms with E-state index in [2.05, 4.69) is 15.1 Å². The summed E-state index contributed by atoms with van der Waals surface area (Å²) in [4.78, 5) is 31.9. The second kappa shape index (κ2) is 12.0. The summed E-state index contributed by atoms with van der Waals surface area (Å²) in [5.74, 6) is -0.324. The Morgan fingerprint density at radius 2 is 2.06 bits per heavy atom. The number of ether oxygens (including phenoxy) is 1. The minimum absolute atomic E-state index is 0.138. The number of esters is 1. The van der Waals surface area contributed by atoms with Crippen LogP contribution in [0.4, 0.5) is 5.95 Å². The van der Waals surface area contributed by atoms with Crippen molar-refractivity contribution in [1.29, 1.82) is 0 Å². The van der Waals surface area contributed by atoms with Crippen LogP contribution in [0.1, 0.15) is 32.6 Å². The van der Waals surface area contributed by atoms with Gasteiger partial charge in [-0.1, -0.05) is 32.0 Å². The standard InChI is InChI=1S/C21H30N5O7PS/c1-13(2)10-31-19(28)14(3)25-34(30,33-15-7-5-4-6-8-15)32-11-17-16(27)9-18(35-17)26-12-23-20(22)24-21(26)29/h4-8,12-14,16-18,27H,9-11H2,1-3H3,(H,25,30)(H2,22,24,29)/t14-,16?,17?,18+,34-/m0/s1. The van der Waals surface area contributed by atoms with Crippen molar-refractivity contribution in [2.75, 3.05) is 18.9 Å². The van der Waals surface area contributed by atoms with E-state index in [0.29, 0.717) is 0 Å². The molecule has 1 aromatic carbocycles. The van der Waals surface area contributed by atoms with Crippen LogP contribution in [0, 0.1) is 5.92 Å². The van der Waals surface area contributed by atoms with Gasteiger partial charge in [0.1, 0.15) is 18.1 Å². The van der Waals surface area contributed by atoms with E-state index in [4.69, 9.17) is 19.5 Å². The van der Waals surface area contributed by atoms with Gasteiger partial charge in [-0.25, -0.2) is 14.3 Å². The summed E-state index contributed by atoms with van der Waals surface area (Å²) in [5.41, 5.74) is 4.85. The number of hydrogen-bond donors (Lipinski definition) is 3. The number of anilines is 1. The predicted octanol–water partition coefficient (Wildman–Crippen LogP) is 1.97. The first-order chi connectivity index (χ1) is 16.6. The molecule has 1 aliphatic heterocycles. The maximum Gasteiger partial charge on any atom is 0.459 e. The first-order valence-corrected chi connectivity index (χ1v) is 13.5. The number of aliphatic hydroxyl groups is 1. The molecular weight excluding hydrogens is 497 g/mol. The largest absolute Gasteiger partial charge is 0.464 e. The van der Waals surface area contributed by atoms with Gasteiger partial charge in [0, 0.05) is 6.42 Å². The third-order valence-electron chi connectivity index (χ3n) is 4.90. The lowest BCUT2D eigenvalue weighted by Crippen LogP contribution is -2.36. The van der Waals surface area contributed by atoms with Crippen molar-refractivity contribution in [3.8, 4) is 5.75 Å². The van der Waals surface area contributed by atoms with E-state index in [-0.39, 0.29) is 37.3 Å². The van der Waals surface area contributed by atoms with Crippen molar-refractivity contribution in [2.24, 2.45) is 5.92 Å². The number of aliphatic hydroxyl groups excluding tert-OH is 1. The van der Waals surface area contributed by atoms with Crippen LogP contribution in [-0.2, 0) is 18.6 Å². The zero-order valence-corrected chi connectivity index (χ0v) is 21.4. The molecule has 14 heteroatoms. The van der Waals surface area contributed by atoms with E-state index in [1.807, 2.05) is 13.8 Å². The zero-order valence-electron chi connectivity index (χ0n) is 19.6. The fourth-order valence-corrected chi connectivity index (χ4v) is 6.18. The highest BCUT2D eigenvalue weighted by molar-refractivity contribution is 8.00. The molecule has 1 aliphatic rings. The highest BCUT2D eigenvalue weighted by atomic mass is 32.2. The van der Waals surface area contributed by atoms with Gasteiger partial charge in [-0.15, -0.1) is 11.8 Å². The number of nitrogens with zero attached hydrogens (tertiary/aromatic N) is 3. The van der Waals surface area contributed by atoms with Crippen molar-refractivity contribution in [1.82, 2.24) is 19.6 Å². The molecule has 5 atom stereocenters. The molecular formula is C21H30N5O7PS. The Morgan fingerprint density at radius 3 is 2.71 bits per heavy atom. The van der Waals surface area contributed by atoms with Crippen molar-refractivity contribution < 1.29 is 28.3 Å². The highest BCUT2D eigenvalue weighted by Gasteiger charge is 2.39. The second-order valence-corrected chi connectivity index (χ2v) is 11.5. The summed E-state index contributed by atoms with van der Waals surface area (Å²) in [7, 11) is -4.07. The lowest BCUT2D eigenvalue weighted by molar-refractivity contribution is -0.146. The predicted molar refractivity (Wildman–Crippen MR) is 131 cm³/mol. The Labute approximate surface area is 207 Å². The van der Waals surface area contributed by atoms with Crippen LogP contribution in [0.25, 0.3) is 0 Å². The Kier molecular flexibility index (Phi) is 9.31. The maximum absolute atomic E-state index is 13.6. The van der Waals surface area contributed by atoms with Gasteiger partial charge in [-0.3, -0.25) is 13.9 Å². The number of nitrogens with two attached hydrogens (primary N) is 1. The molecule has 1 aromatic heterocycles. The minimum atomic E-state index is -4.07. The molecule has 2 unspecified atom stereocenters. The normalized spacial score (nSPS) is 22.5. The maximum atomic E-state index is 13.6. The van der Waals surface area contributed by atoms with Gasteiger partial charge in [0.15, 0.2) is 0 Å². The van der Waals surface area contributed by atoms with Crippen molar-refractivity contribution in [3.05, 3.63) is 47.1 Å². The molecule has 192 valence electrons. The molecule has 2 heterocycles. The van der Waals surface area contributed by atoms with Crippen molar-refractivity contribution >= 4 is 31.4 Å². The van der Waals surface area contributed by atoms with Gasteiger partial charge in [-0.05, 0) is 25.0 Å². The van der Waals surface area contributed by atoms with Crippen LogP contribution in [0.15, 0.2) is 41.5 Å². The Hall–Kier alpha value is -2.44. The number of carbonyl (C=O) groups is 1. The van der Waals surface area contributed by atoms with Crippen LogP contribution in [0.3, 0.4) is 0 Å². The highest BCUT2D eigenvalue weighted by Crippen LogP contribution is 2.48. The zero-order chi connectivity index (χ0) is 25.6. The molecule has 12 nitrogen and oxygen atoms in total. The van der Waals surface area contributed by atoms with Crippen molar-refractivity contribution in [3.63, 3.8) is 0 Å². The molecule has 1 saturated heterocycles. The van der Waals surface area contributed by atoms with E-state index in [0.717, 1.165) is 0 Å². The van der Waals surface area contributed by atoms with Crippen LogP contribution >= 0.6 is 19.5 Å². The van der Waals surface area contributed by atoms with Crippen molar-refractivity contribution in [2.45, 2.75) is 50.0 Å². The molecule has 0 radical (unpaired) electrons. The summed E-state index contributed by atoms with van der Waals surface area (Å²) in [6, 6.07) is 7.39. The van der Waals surface area contributed by atoms with Crippen LogP contribution in [0.5, 0.6) is 5.75 Å². The summed E-state index contributed by atoms with van der Waals surface area (Å²) >= 11 is 1.25. The molecule has 1 fully saturated rings. The molecule has 0 bridgehead atoms. The van der Waals surface area contributed by atoms with E-state index in [1.165, 1.54) is 29.6 Å². The number of rotatable bonds is 11. The SMILES string of the molecule is CC(C)COC(=O)[C@H](C)N[P@](=O)(OCC1S[C@@H](n2cnc(N)nc2=O)CC1O)Oc1ccccc1. The Bertz CT molecular complexity index is 1100. The molecule has 2 aromatic rings. The number of para-hydroxylation sites is 1. The lowest BCUT2D eigenvalue weighted by atomic mass is 10.2. The summed E-state index contributed by atoms with van der Waals surface area (Å²) in [6.45, 7) is 5.34. The molecule has 35 heavy (non-hydrogen) atoms. The monoisotopic (exact) mass is 527 g/mol. The Morgan fingerprint density at radius 1 is 1.34 bits per heavy atom. The topological polar surface area (TPSA) is 168 Å². The molecule has 0 saturated carbocycles. The third kappa shape index (κ3) is 7.77. The first kappa shape index (κ1) is 27.2. The van der Waals surface area contributed by atoms with Gasteiger partial charge in [-0.2, -0.15) is 10.1 Å². The number of hydrogen-bond acceptors (Lipinski definition) is 11. The Balaban J connectivity index is 1.69. The van der Waals surface area contributed by atoms with E-state index >= 15 is 0 Å². The van der Waals surface area contributed by atoms with E-state index in [1.54, 1.807) is 30.3 Å². The van der Waals surface area contributed by atoms with Gasteiger partial charge in [0.2, 0.25) is 5.95 Å². The third-order valence-corrected chi connectivity index (χ3v) is 8.08. The summed E-state index contributed by atoms with van der Waals surface area (Å²) < 4.78 is 31.4. The van der Waals surface area contributed by atoms with E-state index < -0.39 is 42.2 Å². The first-order valence-electron chi connectivity index (χ1n) is 11.0. The number of benzene rings is 1. The van der Waals surface area contributed by atoms with E-state index in [9.17, 15) is 19.3 Å². The number of carbonyl (C=O) groups excluding carboxylic acids is 1. The molecule has 0 amide bonds. The fourth-order valence-electron chi connectivity index (χ4n) is 3.13. The van der Waals surface area contributed by atoms with Crippen LogP contribution in [-0.4, -0.2) is 56.2 Å². The number of nitrogens with one attached hydrogen (secondary N) is 1. The minimum Gasteiger partial charge on any atom is -0.464 e. The van der Waals surface area contributed by atoms with Crippen LogP contribution in [0.2, 0.25) is 0 Å². The summed E-state index contributed by atoms with van der Waals surface area (Å²) in [5, 5.41) is 12.2. The average molecular weight is 528 g/mol.